The van der Waals surface area contributed by atoms with Gasteiger partial charge >= 0.3 is 0 Å². The lowest BCUT2D eigenvalue weighted by Gasteiger charge is -2.07. The maximum atomic E-state index is 13.1. The van der Waals surface area contributed by atoms with Crippen LogP contribution in [0.2, 0.25) is 0 Å². The second-order valence-corrected chi connectivity index (χ2v) is 4.91. The number of benzene rings is 1. The summed E-state index contributed by atoms with van der Waals surface area (Å²) in [4.78, 5) is 11.2. The Bertz CT molecular complexity index is 801. The van der Waals surface area contributed by atoms with Crippen molar-refractivity contribution >= 4 is 6.29 Å². The summed E-state index contributed by atoms with van der Waals surface area (Å²) < 4.78 is 19.8. The molecule has 6 nitrogen and oxygen atoms in total. The number of aryl methyl sites for hydroxylation is 2. The topological polar surface area (TPSA) is 73.8 Å². The van der Waals surface area contributed by atoms with E-state index in [4.69, 9.17) is 4.52 Å². The van der Waals surface area contributed by atoms with Crippen molar-refractivity contribution in [2.45, 2.75) is 20.4 Å². The van der Waals surface area contributed by atoms with Crippen molar-refractivity contribution in [1.29, 1.82) is 0 Å². The molecule has 1 aromatic carbocycles. The van der Waals surface area contributed by atoms with Crippen molar-refractivity contribution in [1.82, 2.24) is 20.2 Å². The molecule has 0 fully saturated rings. The van der Waals surface area contributed by atoms with Crippen LogP contribution in [0.25, 0.3) is 11.3 Å². The molecule has 0 bridgehead atoms. The van der Waals surface area contributed by atoms with Gasteiger partial charge in [0.25, 0.3) is 0 Å². The maximum Gasteiger partial charge on any atom is 0.172 e. The molecule has 112 valence electrons. The van der Waals surface area contributed by atoms with E-state index in [1.165, 1.54) is 12.1 Å². The van der Waals surface area contributed by atoms with Crippen LogP contribution in [0.3, 0.4) is 0 Å². The van der Waals surface area contributed by atoms with Crippen molar-refractivity contribution in [3.05, 3.63) is 52.8 Å². The number of aromatic nitrogens is 4. The van der Waals surface area contributed by atoms with Crippen LogP contribution in [0, 0.1) is 19.7 Å². The molecule has 0 spiro atoms. The number of carbonyl (C=O) groups excluding carboxylic acids is 1. The van der Waals surface area contributed by atoms with Gasteiger partial charge < -0.3 is 4.52 Å². The third-order valence-corrected chi connectivity index (χ3v) is 3.48. The van der Waals surface area contributed by atoms with Gasteiger partial charge in [0.15, 0.2) is 12.0 Å². The molecular formula is C15H13FN4O2. The van der Waals surface area contributed by atoms with E-state index in [2.05, 4.69) is 15.5 Å². The van der Waals surface area contributed by atoms with Gasteiger partial charge in [-0.15, -0.1) is 5.10 Å². The molecule has 0 saturated heterocycles. The Morgan fingerprint density at radius 3 is 2.59 bits per heavy atom. The summed E-state index contributed by atoms with van der Waals surface area (Å²) in [7, 11) is 0. The molecule has 0 amide bonds. The first-order valence-corrected chi connectivity index (χ1v) is 6.66. The number of nitrogens with zero attached hydrogens (tertiary/aromatic N) is 4. The van der Waals surface area contributed by atoms with Gasteiger partial charge in [0.2, 0.25) is 0 Å². The zero-order valence-electron chi connectivity index (χ0n) is 12.1. The fourth-order valence-electron chi connectivity index (χ4n) is 2.30. The van der Waals surface area contributed by atoms with E-state index in [1.807, 2.05) is 13.8 Å². The lowest BCUT2D eigenvalue weighted by molar-refractivity contribution is 0.111. The van der Waals surface area contributed by atoms with Crippen LogP contribution < -0.4 is 0 Å². The minimum absolute atomic E-state index is 0.207. The van der Waals surface area contributed by atoms with Gasteiger partial charge in [-0.05, 0) is 38.1 Å². The number of rotatable bonds is 4. The van der Waals surface area contributed by atoms with Crippen LogP contribution >= 0.6 is 0 Å². The lowest BCUT2D eigenvalue weighted by atomic mass is 10.1. The van der Waals surface area contributed by atoms with Crippen molar-refractivity contribution in [3.8, 4) is 11.3 Å². The van der Waals surface area contributed by atoms with Gasteiger partial charge in [-0.1, -0.05) is 10.4 Å². The fraction of sp³-hybridized carbons (Fsp3) is 0.200. The fourth-order valence-corrected chi connectivity index (χ4v) is 2.30. The number of hydrogen-bond donors (Lipinski definition) is 0. The smallest absolute Gasteiger partial charge is 0.172 e. The van der Waals surface area contributed by atoms with Gasteiger partial charge in [-0.2, -0.15) is 0 Å². The Hall–Kier alpha value is -2.83. The predicted octanol–water partition coefficient (Wildman–Crippen LogP) is 2.55. The van der Waals surface area contributed by atoms with Crippen molar-refractivity contribution in [3.63, 3.8) is 0 Å². The summed E-state index contributed by atoms with van der Waals surface area (Å²) in [6.07, 6.45) is 0.634. The third kappa shape index (κ3) is 2.41. The maximum absolute atomic E-state index is 13.1. The highest BCUT2D eigenvalue weighted by molar-refractivity contribution is 5.83. The molecule has 22 heavy (non-hydrogen) atoms. The quantitative estimate of drug-likeness (QED) is 0.692. The highest BCUT2D eigenvalue weighted by Crippen LogP contribution is 2.24. The van der Waals surface area contributed by atoms with Gasteiger partial charge in [0, 0.05) is 11.1 Å². The highest BCUT2D eigenvalue weighted by atomic mass is 19.1. The molecule has 0 radical (unpaired) electrons. The molecule has 0 N–H and O–H groups in total. The highest BCUT2D eigenvalue weighted by Gasteiger charge is 2.18. The minimum Gasteiger partial charge on any atom is -0.361 e. The third-order valence-electron chi connectivity index (χ3n) is 3.48. The van der Waals surface area contributed by atoms with Gasteiger partial charge in [0.1, 0.15) is 11.6 Å². The molecule has 3 rings (SSSR count). The second-order valence-electron chi connectivity index (χ2n) is 4.91. The van der Waals surface area contributed by atoms with Crippen molar-refractivity contribution in [2.75, 3.05) is 0 Å². The van der Waals surface area contributed by atoms with Crippen LogP contribution in [0.1, 0.15) is 27.5 Å². The molecule has 0 aliphatic heterocycles. The monoisotopic (exact) mass is 300 g/mol. The van der Waals surface area contributed by atoms with E-state index in [9.17, 15) is 9.18 Å². The lowest BCUT2D eigenvalue weighted by Crippen LogP contribution is -2.06. The van der Waals surface area contributed by atoms with Crippen molar-refractivity contribution in [2.24, 2.45) is 0 Å². The number of hydrogen-bond acceptors (Lipinski definition) is 5. The van der Waals surface area contributed by atoms with Gasteiger partial charge in [0.05, 0.1) is 17.9 Å². The summed E-state index contributed by atoms with van der Waals surface area (Å²) in [6.45, 7) is 4.01. The SMILES string of the molecule is Cc1noc(C)c1Cn1nnc(C=O)c1-c1ccc(F)cc1. The normalized spacial score (nSPS) is 10.9. The average molecular weight is 300 g/mol. The number of halogens is 1. The zero-order chi connectivity index (χ0) is 15.7. The standard InChI is InChI=1S/C15H13FN4O2/c1-9-13(10(2)22-18-9)7-20-15(14(8-21)17-19-20)11-3-5-12(16)6-4-11/h3-6,8H,7H2,1-2H3. The minimum atomic E-state index is -0.346. The summed E-state index contributed by atoms with van der Waals surface area (Å²) in [6, 6.07) is 5.84. The van der Waals surface area contributed by atoms with Crippen LogP contribution in [-0.2, 0) is 6.54 Å². The first-order valence-electron chi connectivity index (χ1n) is 6.66. The van der Waals surface area contributed by atoms with Gasteiger partial charge in [-0.3, -0.25) is 4.79 Å². The summed E-state index contributed by atoms with van der Waals surface area (Å²) in [5.41, 5.74) is 3.05. The number of aldehydes is 1. The Labute approximate surface area is 125 Å². The van der Waals surface area contributed by atoms with E-state index in [1.54, 1.807) is 16.8 Å². The Morgan fingerprint density at radius 1 is 1.27 bits per heavy atom. The Morgan fingerprint density at radius 2 is 2.00 bits per heavy atom. The van der Waals surface area contributed by atoms with Gasteiger partial charge in [-0.25, -0.2) is 9.07 Å². The average Bonchev–Trinajstić information content (AvgIpc) is 3.06. The van der Waals surface area contributed by atoms with Crippen LogP contribution in [0.4, 0.5) is 4.39 Å². The molecule has 0 atom stereocenters. The van der Waals surface area contributed by atoms with E-state index in [0.29, 0.717) is 29.8 Å². The van der Waals surface area contributed by atoms with E-state index < -0.39 is 0 Å². The largest absolute Gasteiger partial charge is 0.361 e. The molecular weight excluding hydrogens is 287 g/mol. The number of carbonyl (C=O) groups is 1. The Balaban J connectivity index is 2.08. The van der Waals surface area contributed by atoms with E-state index >= 15 is 0 Å². The molecule has 0 saturated carbocycles. The zero-order valence-corrected chi connectivity index (χ0v) is 12.1. The predicted molar refractivity (Wildman–Crippen MR) is 75.9 cm³/mol. The molecule has 2 aromatic heterocycles. The summed E-state index contributed by atoms with van der Waals surface area (Å²) >= 11 is 0. The molecule has 2 heterocycles. The first kappa shape index (κ1) is 14.1. The van der Waals surface area contributed by atoms with Crippen LogP contribution in [0.15, 0.2) is 28.8 Å². The summed E-state index contributed by atoms with van der Waals surface area (Å²) in [5.74, 6) is 0.340. The van der Waals surface area contributed by atoms with Crippen LogP contribution in [0.5, 0.6) is 0 Å². The molecule has 0 unspecified atom stereocenters. The molecule has 7 heteroatoms. The Kier molecular flexibility index (Phi) is 3.54. The van der Waals surface area contributed by atoms with E-state index in [-0.39, 0.29) is 11.5 Å². The molecule has 3 aromatic rings. The van der Waals surface area contributed by atoms with Crippen molar-refractivity contribution < 1.29 is 13.7 Å². The van der Waals surface area contributed by atoms with E-state index in [0.717, 1.165) is 11.3 Å². The molecule has 0 aliphatic carbocycles. The van der Waals surface area contributed by atoms with Crippen LogP contribution in [-0.4, -0.2) is 26.4 Å². The summed E-state index contributed by atoms with van der Waals surface area (Å²) in [5, 5.41) is 11.8. The second kappa shape index (κ2) is 5.51. The molecule has 0 aliphatic rings. The first-order chi connectivity index (χ1) is 10.6.